The number of aromatic nitrogens is 2. The first kappa shape index (κ1) is 19.9. The lowest BCUT2D eigenvalue weighted by atomic mass is 9.89. The number of carbonyl (C=O) groups is 2. The Morgan fingerprint density at radius 3 is 2.68 bits per heavy atom. The number of hydrogen-bond donors (Lipinski definition) is 1. The van der Waals surface area contributed by atoms with Gasteiger partial charge in [-0.15, -0.1) is 5.10 Å². The predicted octanol–water partition coefficient (Wildman–Crippen LogP) is 2.13. The molecule has 1 amide bonds. The van der Waals surface area contributed by atoms with Crippen molar-refractivity contribution >= 4 is 11.9 Å². The van der Waals surface area contributed by atoms with Gasteiger partial charge >= 0.3 is 11.7 Å². The fraction of sp³-hybridized carbons (Fsp3) is 0.500. The maximum absolute atomic E-state index is 12.1. The van der Waals surface area contributed by atoms with E-state index in [1.165, 1.54) is 26.2 Å². The van der Waals surface area contributed by atoms with Gasteiger partial charge in [-0.25, -0.2) is 4.79 Å². The highest BCUT2D eigenvalue weighted by atomic mass is 16.5. The fourth-order valence-electron chi connectivity index (χ4n) is 3.29. The summed E-state index contributed by atoms with van der Waals surface area (Å²) in [5.41, 5.74) is 0.627. The third kappa shape index (κ3) is 5.31. The van der Waals surface area contributed by atoms with Crippen molar-refractivity contribution in [2.45, 2.75) is 51.7 Å². The number of benzene rings is 1. The average molecular weight is 387 g/mol. The summed E-state index contributed by atoms with van der Waals surface area (Å²) in [7, 11) is 0. The molecule has 1 aliphatic rings. The topological polar surface area (TPSA) is 103 Å². The molecular formula is C20H25N3O5. The molecule has 8 nitrogen and oxygen atoms in total. The summed E-state index contributed by atoms with van der Waals surface area (Å²) in [6.07, 6.45) is 4.95. The summed E-state index contributed by atoms with van der Waals surface area (Å²) in [6, 6.07) is 8.89. The molecular weight excluding hydrogens is 362 g/mol. The minimum Gasteiger partial charge on any atom is -0.451 e. The van der Waals surface area contributed by atoms with E-state index < -0.39 is 24.4 Å². The van der Waals surface area contributed by atoms with Crippen LogP contribution >= 0.6 is 0 Å². The van der Waals surface area contributed by atoms with Crippen LogP contribution < -0.4 is 11.1 Å². The van der Waals surface area contributed by atoms with E-state index in [0.29, 0.717) is 18.0 Å². The van der Waals surface area contributed by atoms with Gasteiger partial charge in [0.15, 0.2) is 6.10 Å². The molecule has 1 aliphatic carbocycles. The maximum Gasteiger partial charge on any atom is 0.437 e. The molecule has 8 heteroatoms. The van der Waals surface area contributed by atoms with Gasteiger partial charge in [0.05, 0.1) is 0 Å². The van der Waals surface area contributed by atoms with Crippen molar-refractivity contribution in [2.75, 3.05) is 6.54 Å². The van der Waals surface area contributed by atoms with Gasteiger partial charge in [-0.3, -0.25) is 9.59 Å². The second-order valence-corrected chi connectivity index (χ2v) is 7.08. The molecule has 2 aromatic rings. The third-order valence-electron chi connectivity index (χ3n) is 4.87. The van der Waals surface area contributed by atoms with Crippen LogP contribution in [0.1, 0.15) is 39.0 Å². The Bertz CT molecular complexity index is 852. The monoisotopic (exact) mass is 387 g/mol. The number of nitrogens with one attached hydrogen (secondary N) is 1. The molecule has 1 fully saturated rings. The van der Waals surface area contributed by atoms with Gasteiger partial charge in [0.2, 0.25) is 5.89 Å². The average Bonchev–Trinajstić information content (AvgIpc) is 3.07. The second kappa shape index (κ2) is 9.34. The standard InChI is InChI=1S/C20H25N3O5/c1-14(18(25)21-12-15-8-4-2-5-9-15)27-17(24)13-23-20(26)28-19(22-23)16-10-6-3-7-11-16/h3,6-7,10-11,14-15H,2,4-5,8-9,12-13H2,1H3,(H,21,25)/t14-/m0/s1. The van der Waals surface area contributed by atoms with E-state index in [9.17, 15) is 14.4 Å². The first-order valence-electron chi connectivity index (χ1n) is 9.63. The van der Waals surface area contributed by atoms with Crippen molar-refractivity contribution in [2.24, 2.45) is 5.92 Å². The summed E-state index contributed by atoms with van der Waals surface area (Å²) in [6.45, 7) is 1.69. The Labute approximate surface area is 162 Å². The highest BCUT2D eigenvalue weighted by molar-refractivity contribution is 5.83. The number of hydrogen-bond acceptors (Lipinski definition) is 6. The lowest BCUT2D eigenvalue weighted by molar-refractivity contribution is -0.155. The van der Waals surface area contributed by atoms with Crippen LogP contribution in [0.2, 0.25) is 0 Å². The molecule has 1 atom stereocenters. The van der Waals surface area contributed by atoms with Gasteiger partial charge in [0, 0.05) is 12.1 Å². The van der Waals surface area contributed by atoms with Crippen LogP contribution in [0.5, 0.6) is 0 Å². The predicted molar refractivity (Wildman–Crippen MR) is 101 cm³/mol. The number of nitrogens with zero attached hydrogens (tertiary/aromatic N) is 2. The van der Waals surface area contributed by atoms with E-state index in [-0.39, 0.29) is 11.8 Å². The largest absolute Gasteiger partial charge is 0.451 e. The normalized spacial score (nSPS) is 15.8. The van der Waals surface area contributed by atoms with Crippen molar-refractivity contribution in [3.05, 3.63) is 40.9 Å². The van der Waals surface area contributed by atoms with Crippen LogP contribution in [0.15, 0.2) is 39.5 Å². The Hall–Kier alpha value is -2.90. The summed E-state index contributed by atoms with van der Waals surface area (Å²) in [5, 5.41) is 6.85. The lowest BCUT2D eigenvalue weighted by Crippen LogP contribution is -2.39. The van der Waals surface area contributed by atoms with E-state index in [1.54, 1.807) is 24.3 Å². The van der Waals surface area contributed by atoms with Crippen LogP contribution in [-0.2, 0) is 20.9 Å². The van der Waals surface area contributed by atoms with Gasteiger partial charge in [-0.05, 0) is 37.8 Å². The van der Waals surface area contributed by atoms with Crippen LogP contribution in [0.25, 0.3) is 11.5 Å². The minimum atomic E-state index is -0.938. The lowest BCUT2D eigenvalue weighted by Gasteiger charge is -2.22. The molecule has 1 aromatic carbocycles. The summed E-state index contributed by atoms with van der Waals surface area (Å²) >= 11 is 0. The molecule has 3 rings (SSSR count). The Morgan fingerprint density at radius 2 is 1.96 bits per heavy atom. The zero-order valence-electron chi connectivity index (χ0n) is 15.9. The summed E-state index contributed by atoms with van der Waals surface area (Å²) in [5.74, 6) is -1.21. The van der Waals surface area contributed by atoms with Crippen molar-refractivity contribution in [3.63, 3.8) is 0 Å². The number of ether oxygens (including phenoxy) is 1. The highest BCUT2D eigenvalue weighted by Crippen LogP contribution is 2.22. The van der Waals surface area contributed by atoms with Gasteiger partial charge in [0.25, 0.3) is 5.91 Å². The van der Waals surface area contributed by atoms with E-state index in [4.69, 9.17) is 9.15 Å². The minimum absolute atomic E-state index is 0.122. The summed E-state index contributed by atoms with van der Waals surface area (Å²) < 4.78 is 11.1. The number of carbonyl (C=O) groups excluding carboxylic acids is 2. The molecule has 28 heavy (non-hydrogen) atoms. The number of esters is 1. The van der Waals surface area contributed by atoms with Gasteiger partial charge < -0.3 is 14.5 Å². The molecule has 1 saturated carbocycles. The molecule has 1 aromatic heterocycles. The molecule has 150 valence electrons. The zero-order valence-corrected chi connectivity index (χ0v) is 15.9. The van der Waals surface area contributed by atoms with Crippen LogP contribution in [0.3, 0.4) is 0 Å². The van der Waals surface area contributed by atoms with Gasteiger partial charge in [-0.2, -0.15) is 4.68 Å². The van der Waals surface area contributed by atoms with E-state index in [2.05, 4.69) is 10.4 Å². The maximum atomic E-state index is 12.1. The molecule has 0 saturated heterocycles. The van der Waals surface area contributed by atoms with E-state index in [1.807, 2.05) is 6.07 Å². The second-order valence-electron chi connectivity index (χ2n) is 7.08. The van der Waals surface area contributed by atoms with Crippen LogP contribution in [0.4, 0.5) is 0 Å². The third-order valence-corrected chi connectivity index (χ3v) is 4.87. The van der Waals surface area contributed by atoms with Gasteiger partial charge in [0.1, 0.15) is 6.54 Å². The fourth-order valence-corrected chi connectivity index (χ4v) is 3.29. The zero-order chi connectivity index (χ0) is 19.9. The molecule has 1 N–H and O–H groups in total. The molecule has 0 aliphatic heterocycles. The first-order valence-corrected chi connectivity index (χ1v) is 9.63. The van der Waals surface area contributed by atoms with Gasteiger partial charge in [-0.1, -0.05) is 37.5 Å². The van der Waals surface area contributed by atoms with Crippen LogP contribution in [0, 0.1) is 5.92 Å². The van der Waals surface area contributed by atoms with Crippen molar-refractivity contribution in [1.82, 2.24) is 15.1 Å². The number of amides is 1. The first-order chi connectivity index (χ1) is 13.5. The molecule has 0 spiro atoms. The van der Waals surface area contributed by atoms with Crippen molar-refractivity contribution < 1.29 is 18.7 Å². The van der Waals surface area contributed by atoms with Crippen molar-refractivity contribution in [1.29, 1.82) is 0 Å². The SMILES string of the molecule is C[C@H](OC(=O)Cn1nc(-c2ccccc2)oc1=O)C(=O)NCC1CCCCC1. The quantitative estimate of drug-likeness (QED) is 0.730. The highest BCUT2D eigenvalue weighted by Gasteiger charge is 2.21. The molecule has 0 bridgehead atoms. The Balaban J connectivity index is 1.50. The molecule has 0 unspecified atom stereocenters. The summed E-state index contributed by atoms with van der Waals surface area (Å²) in [4.78, 5) is 36.1. The van der Waals surface area contributed by atoms with E-state index >= 15 is 0 Å². The van der Waals surface area contributed by atoms with Crippen molar-refractivity contribution in [3.8, 4) is 11.5 Å². The Morgan fingerprint density at radius 1 is 1.25 bits per heavy atom. The molecule has 0 radical (unpaired) electrons. The smallest absolute Gasteiger partial charge is 0.437 e. The Kier molecular flexibility index (Phi) is 6.62. The molecule has 1 heterocycles. The number of rotatable bonds is 7. The van der Waals surface area contributed by atoms with E-state index in [0.717, 1.165) is 17.5 Å². The van der Waals surface area contributed by atoms with Crippen LogP contribution in [-0.4, -0.2) is 34.3 Å².